The average molecular weight is 390 g/mol. The first kappa shape index (κ1) is 17.5. The molecule has 0 spiro atoms. The number of rotatable bonds is 2. The number of nitriles is 1. The number of nitrogens with zero attached hydrogens (tertiary/aromatic N) is 3. The first-order chi connectivity index (χ1) is 13.1. The minimum Gasteiger partial charge on any atom is -0.339 e. The zero-order valence-electron chi connectivity index (χ0n) is 14.8. The Morgan fingerprint density at radius 2 is 1.89 bits per heavy atom. The maximum absolute atomic E-state index is 12.4. The molecule has 3 aromatic carbocycles. The lowest BCUT2D eigenvalue weighted by atomic mass is 9.95. The van der Waals surface area contributed by atoms with E-state index in [9.17, 15) is 10.1 Å². The molecule has 0 saturated carbocycles. The van der Waals surface area contributed by atoms with Gasteiger partial charge in [0.05, 0.1) is 16.3 Å². The van der Waals surface area contributed by atoms with E-state index in [1.54, 1.807) is 19.0 Å². The zero-order chi connectivity index (χ0) is 19.0. The van der Waals surface area contributed by atoms with Gasteiger partial charge in [-0.25, -0.2) is 0 Å². The summed E-state index contributed by atoms with van der Waals surface area (Å²) in [5.41, 5.74) is 2.65. The van der Waals surface area contributed by atoms with Crippen molar-refractivity contribution in [3.63, 3.8) is 0 Å². The molecule has 0 saturated heterocycles. The molecule has 0 radical (unpaired) electrons. The van der Waals surface area contributed by atoms with Crippen molar-refractivity contribution in [2.45, 2.75) is 4.90 Å². The minimum atomic E-state index is -0.0296. The van der Waals surface area contributed by atoms with Gasteiger partial charge in [0.1, 0.15) is 0 Å². The summed E-state index contributed by atoms with van der Waals surface area (Å²) in [6.07, 6.45) is 1.84. The van der Waals surface area contributed by atoms with Crippen LogP contribution in [0.15, 0.2) is 59.6 Å². The monoisotopic (exact) mass is 389 g/mol. The van der Waals surface area contributed by atoms with Gasteiger partial charge >= 0.3 is 0 Å². The Balaban J connectivity index is 2.04. The zero-order valence-corrected chi connectivity index (χ0v) is 16.4. The van der Waals surface area contributed by atoms with Crippen molar-refractivity contribution in [2.24, 2.45) is 0 Å². The van der Waals surface area contributed by atoms with Gasteiger partial charge in [-0.15, -0.1) is 0 Å². The van der Waals surface area contributed by atoms with E-state index < -0.39 is 0 Å². The van der Waals surface area contributed by atoms with E-state index in [1.165, 1.54) is 23.3 Å². The van der Waals surface area contributed by atoms with Crippen molar-refractivity contribution in [3.8, 4) is 17.2 Å². The molecule has 0 bridgehead atoms. The summed E-state index contributed by atoms with van der Waals surface area (Å²) in [5.74, 6) is 0. The molecule has 1 aromatic heterocycles. The van der Waals surface area contributed by atoms with Gasteiger partial charge in [-0.3, -0.25) is 4.79 Å². The predicted molar refractivity (Wildman–Crippen MR) is 112 cm³/mol. The summed E-state index contributed by atoms with van der Waals surface area (Å²) in [7, 11) is 3.49. The number of aromatic nitrogens is 1. The molecule has 1 amide bonds. The highest BCUT2D eigenvalue weighted by Gasteiger charge is 2.18. The van der Waals surface area contributed by atoms with Crippen molar-refractivity contribution in [2.75, 3.05) is 14.1 Å². The molecule has 0 atom stereocenters. The second-order valence-electron chi connectivity index (χ2n) is 6.26. The van der Waals surface area contributed by atoms with Crippen LogP contribution in [0.2, 0.25) is 0 Å². The number of carbonyl (C=O) groups excluding carboxylic acids is 1. The molecular formula is C21H15N3OS2. The van der Waals surface area contributed by atoms with Crippen LogP contribution in [0, 0.1) is 11.3 Å². The normalized spacial score (nSPS) is 10.9. The van der Waals surface area contributed by atoms with Crippen molar-refractivity contribution in [1.82, 2.24) is 9.27 Å². The van der Waals surface area contributed by atoms with Crippen LogP contribution in [-0.2, 0) is 0 Å². The van der Waals surface area contributed by atoms with Gasteiger partial charge in [0, 0.05) is 41.5 Å². The highest BCUT2D eigenvalue weighted by Crippen LogP contribution is 2.43. The quantitative estimate of drug-likeness (QED) is 0.409. The number of thioether (sulfide) groups is 1. The van der Waals surface area contributed by atoms with Crippen LogP contribution in [0.25, 0.3) is 32.0 Å². The fraction of sp³-hybridized carbons (Fsp3) is 0.0952. The lowest BCUT2D eigenvalue weighted by Gasteiger charge is -2.15. The number of fused-ring (bicyclic) bond motifs is 2. The third kappa shape index (κ3) is 3.05. The molecule has 1 heterocycles. The molecule has 0 N–H and O–H groups in total. The topological polar surface area (TPSA) is 57.0 Å². The van der Waals surface area contributed by atoms with Crippen LogP contribution in [0.1, 0.15) is 5.56 Å². The van der Waals surface area contributed by atoms with Crippen molar-refractivity contribution >= 4 is 49.4 Å². The van der Waals surface area contributed by atoms with Gasteiger partial charge in [-0.2, -0.15) is 9.64 Å². The van der Waals surface area contributed by atoms with E-state index in [4.69, 9.17) is 0 Å². The number of benzene rings is 3. The van der Waals surface area contributed by atoms with Crippen LogP contribution >= 0.6 is 23.3 Å². The minimum absolute atomic E-state index is 0.0296. The van der Waals surface area contributed by atoms with Crippen molar-refractivity contribution < 1.29 is 4.79 Å². The van der Waals surface area contributed by atoms with Gasteiger partial charge in [-0.1, -0.05) is 36.4 Å². The predicted octanol–water partition coefficient (Wildman–Crippen LogP) is 5.76. The van der Waals surface area contributed by atoms with Gasteiger partial charge in [0.15, 0.2) is 0 Å². The van der Waals surface area contributed by atoms with Crippen LogP contribution in [0.3, 0.4) is 0 Å². The van der Waals surface area contributed by atoms with Crippen LogP contribution in [0.5, 0.6) is 0 Å². The molecule has 0 unspecified atom stereocenters. The fourth-order valence-electron chi connectivity index (χ4n) is 3.06. The van der Waals surface area contributed by atoms with Gasteiger partial charge in [0.2, 0.25) is 0 Å². The molecule has 4 rings (SSSR count). The second kappa shape index (κ2) is 7.03. The molecule has 0 aliphatic rings. The summed E-state index contributed by atoms with van der Waals surface area (Å²) >= 11 is 2.63. The first-order valence-corrected chi connectivity index (χ1v) is 9.88. The fourth-order valence-corrected chi connectivity index (χ4v) is 4.75. The summed E-state index contributed by atoms with van der Waals surface area (Å²) in [4.78, 5) is 14.8. The molecule has 6 heteroatoms. The Kier molecular flexibility index (Phi) is 4.56. The van der Waals surface area contributed by atoms with E-state index in [1.807, 2.05) is 54.7 Å². The molecule has 27 heavy (non-hydrogen) atoms. The smallest absolute Gasteiger partial charge is 0.285 e. The maximum atomic E-state index is 12.4. The Morgan fingerprint density at radius 1 is 1.11 bits per heavy atom. The molecular weight excluding hydrogens is 374 g/mol. The van der Waals surface area contributed by atoms with Crippen LogP contribution in [-0.4, -0.2) is 28.6 Å². The van der Waals surface area contributed by atoms with Gasteiger partial charge < -0.3 is 4.90 Å². The molecule has 4 nitrogen and oxygen atoms in total. The number of amides is 1. The van der Waals surface area contributed by atoms with E-state index in [-0.39, 0.29) is 5.24 Å². The molecule has 132 valence electrons. The Bertz CT molecular complexity index is 1220. The second-order valence-corrected chi connectivity index (χ2v) is 8.06. The standard InChI is InChI=1S/C21H15N3OS2/c1-24(2)21(25)26-18-10-8-14-12-23-27-20(14)19(18)17-9-7-13(11-22)15-5-3-4-6-16(15)17/h3-10,12H,1-2H3. The van der Waals surface area contributed by atoms with E-state index in [2.05, 4.69) is 10.4 Å². The van der Waals surface area contributed by atoms with Gasteiger partial charge in [0.25, 0.3) is 5.24 Å². The Hall–Kier alpha value is -2.88. The third-order valence-corrected chi connectivity index (χ3v) is 6.30. The number of carbonyl (C=O) groups is 1. The highest BCUT2D eigenvalue weighted by molar-refractivity contribution is 8.13. The number of hydrogen-bond acceptors (Lipinski definition) is 5. The number of hydrogen-bond donors (Lipinski definition) is 0. The first-order valence-electron chi connectivity index (χ1n) is 8.29. The summed E-state index contributed by atoms with van der Waals surface area (Å²) < 4.78 is 5.38. The Morgan fingerprint density at radius 3 is 2.63 bits per heavy atom. The van der Waals surface area contributed by atoms with E-state index in [0.29, 0.717) is 5.56 Å². The average Bonchev–Trinajstić information content (AvgIpc) is 3.16. The summed E-state index contributed by atoms with van der Waals surface area (Å²) in [6.45, 7) is 0. The van der Waals surface area contributed by atoms with Gasteiger partial charge in [-0.05, 0) is 46.4 Å². The van der Waals surface area contributed by atoms with Crippen LogP contribution < -0.4 is 0 Å². The Labute approximate surface area is 165 Å². The largest absolute Gasteiger partial charge is 0.339 e. The lowest BCUT2D eigenvalue weighted by molar-refractivity contribution is 0.241. The van der Waals surface area contributed by atoms with Crippen LogP contribution in [0.4, 0.5) is 4.79 Å². The lowest BCUT2D eigenvalue weighted by Crippen LogP contribution is -2.16. The molecule has 0 fully saturated rings. The van der Waals surface area contributed by atoms with Crippen molar-refractivity contribution in [1.29, 1.82) is 5.26 Å². The highest BCUT2D eigenvalue weighted by atomic mass is 32.2. The summed E-state index contributed by atoms with van der Waals surface area (Å²) in [5, 5.41) is 12.4. The molecule has 0 aliphatic carbocycles. The van der Waals surface area contributed by atoms with E-state index in [0.717, 1.165) is 36.9 Å². The molecule has 4 aromatic rings. The third-order valence-electron chi connectivity index (χ3n) is 4.36. The maximum Gasteiger partial charge on any atom is 0.285 e. The SMILES string of the molecule is CN(C)C(=O)Sc1ccc2cnsc2c1-c1ccc(C#N)c2ccccc12. The van der Waals surface area contributed by atoms with Crippen molar-refractivity contribution in [3.05, 3.63) is 60.3 Å². The summed E-state index contributed by atoms with van der Waals surface area (Å²) in [6, 6.07) is 17.9. The molecule has 0 aliphatic heterocycles. The van der Waals surface area contributed by atoms with E-state index >= 15 is 0 Å².